The molecule has 0 aliphatic rings. The zero-order valence-corrected chi connectivity index (χ0v) is 12.1. The molecule has 0 amide bonds. The quantitative estimate of drug-likeness (QED) is 0.817. The first-order valence-electron chi connectivity index (χ1n) is 7.01. The van der Waals surface area contributed by atoms with Gasteiger partial charge < -0.3 is 5.32 Å². The van der Waals surface area contributed by atoms with E-state index in [-0.39, 0.29) is 5.54 Å². The molecule has 2 aromatic rings. The van der Waals surface area contributed by atoms with Crippen LogP contribution in [0.25, 0.3) is 0 Å². The first-order chi connectivity index (χ1) is 9.13. The van der Waals surface area contributed by atoms with Crippen LogP contribution in [0.15, 0.2) is 60.7 Å². The Morgan fingerprint density at radius 1 is 0.895 bits per heavy atom. The minimum absolute atomic E-state index is 0.0300. The van der Waals surface area contributed by atoms with E-state index in [4.69, 9.17) is 0 Å². The van der Waals surface area contributed by atoms with Gasteiger partial charge in [-0.2, -0.15) is 0 Å². The van der Waals surface area contributed by atoms with Gasteiger partial charge in [0.2, 0.25) is 0 Å². The molecule has 0 aliphatic heterocycles. The molecule has 0 aromatic heterocycles. The third-order valence-corrected chi connectivity index (χ3v) is 3.64. The summed E-state index contributed by atoms with van der Waals surface area (Å²) < 4.78 is 0. The molecule has 100 valence electrons. The lowest BCUT2D eigenvalue weighted by molar-refractivity contribution is 0.338. The van der Waals surface area contributed by atoms with Gasteiger partial charge in [-0.25, -0.2) is 0 Å². The molecule has 0 saturated carbocycles. The molecular weight excluding hydrogens is 230 g/mol. The first-order valence-corrected chi connectivity index (χ1v) is 7.01. The van der Waals surface area contributed by atoms with Crippen LogP contribution < -0.4 is 5.32 Å². The number of hydrogen-bond donors (Lipinski definition) is 1. The van der Waals surface area contributed by atoms with Gasteiger partial charge in [-0.05, 0) is 31.4 Å². The van der Waals surface area contributed by atoms with E-state index < -0.39 is 0 Å². The van der Waals surface area contributed by atoms with Gasteiger partial charge in [-0.1, -0.05) is 67.6 Å². The summed E-state index contributed by atoms with van der Waals surface area (Å²) in [5.74, 6) is 0. The summed E-state index contributed by atoms with van der Waals surface area (Å²) in [6.07, 6.45) is 1.08. The first kappa shape index (κ1) is 13.8. The summed E-state index contributed by atoms with van der Waals surface area (Å²) >= 11 is 0. The van der Waals surface area contributed by atoms with Gasteiger partial charge in [0.1, 0.15) is 0 Å². The van der Waals surface area contributed by atoms with Crippen LogP contribution in [0.1, 0.15) is 44.4 Å². The summed E-state index contributed by atoms with van der Waals surface area (Å²) in [7, 11) is 0. The van der Waals surface area contributed by atoms with Crippen LogP contribution in [-0.2, 0) is 5.54 Å². The molecule has 0 heterocycles. The fourth-order valence-corrected chi connectivity index (χ4v) is 2.48. The van der Waals surface area contributed by atoms with E-state index in [0.717, 1.165) is 6.42 Å². The summed E-state index contributed by atoms with van der Waals surface area (Å²) in [6.45, 7) is 6.72. The van der Waals surface area contributed by atoms with Crippen molar-refractivity contribution in [2.24, 2.45) is 0 Å². The van der Waals surface area contributed by atoms with Crippen LogP contribution in [-0.4, -0.2) is 0 Å². The molecule has 1 N–H and O–H groups in total. The molecule has 1 heteroatoms. The molecule has 0 fully saturated rings. The van der Waals surface area contributed by atoms with Crippen LogP contribution in [0.4, 0.5) is 0 Å². The second-order valence-corrected chi connectivity index (χ2v) is 5.51. The van der Waals surface area contributed by atoms with Crippen molar-refractivity contribution < 1.29 is 0 Å². The highest BCUT2D eigenvalue weighted by Gasteiger charge is 2.23. The molecular formula is C18H23N. The summed E-state index contributed by atoms with van der Waals surface area (Å²) in [5.41, 5.74) is 2.65. The van der Waals surface area contributed by atoms with E-state index in [2.05, 4.69) is 86.8 Å². The molecule has 0 aliphatic carbocycles. The standard InChI is InChI=1S/C18H23N/c1-4-17(15-11-7-5-8-12-15)19-18(2,3)16-13-9-6-10-14-16/h5-14,17,19H,4H2,1-3H3. The topological polar surface area (TPSA) is 12.0 Å². The van der Waals surface area contributed by atoms with E-state index in [1.54, 1.807) is 0 Å². The summed E-state index contributed by atoms with van der Waals surface area (Å²) in [4.78, 5) is 0. The highest BCUT2D eigenvalue weighted by atomic mass is 15.0. The number of hydrogen-bond acceptors (Lipinski definition) is 1. The van der Waals surface area contributed by atoms with Crippen molar-refractivity contribution in [1.29, 1.82) is 0 Å². The lowest BCUT2D eigenvalue weighted by Crippen LogP contribution is -2.39. The Hall–Kier alpha value is -1.60. The Balaban J connectivity index is 2.19. The van der Waals surface area contributed by atoms with Crippen molar-refractivity contribution in [2.45, 2.75) is 38.8 Å². The zero-order valence-electron chi connectivity index (χ0n) is 12.1. The minimum atomic E-state index is -0.0300. The lowest BCUT2D eigenvalue weighted by Gasteiger charge is -2.32. The molecule has 0 radical (unpaired) electrons. The fourth-order valence-electron chi connectivity index (χ4n) is 2.48. The highest BCUT2D eigenvalue weighted by Crippen LogP contribution is 2.26. The van der Waals surface area contributed by atoms with Crippen molar-refractivity contribution in [3.8, 4) is 0 Å². The molecule has 1 nitrogen and oxygen atoms in total. The van der Waals surface area contributed by atoms with Crippen LogP contribution in [0.5, 0.6) is 0 Å². The molecule has 0 spiro atoms. The molecule has 19 heavy (non-hydrogen) atoms. The Morgan fingerprint density at radius 2 is 1.42 bits per heavy atom. The fraction of sp³-hybridized carbons (Fsp3) is 0.333. The Bertz CT molecular complexity index is 488. The maximum Gasteiger partial charge on any atom is 0.0382 e. The summed E-state index contributed by atoms with van der Waals surface area (Å²) in [6, 6.07) is 21.7. The number of rotatable bonds is 5. The maximum atomic E-state index is 3.78. The second kappa shape index (κ2) is 6.03. The Morgan fingerprint density at radius 3 is 1.95 bits per heavy atom. The van der Waals surface area contributed by atoms with E-state index in [1.165, 1.54) is 11.1 Å². The smallest absolute Gasteiger partial charge is 0.0382 e. The molecule has 0 saturated heterocycles. The SMILES string of the molecule is CCC(NC(C)(C)c1ccccc1)c1ccccc1. The molecule has 1 unspecified atom stereocenters. The third-order valence-electron chi connectivity index (χ3n) is 3.64. The van der Waals surface area contributed by atoms with Crippen molar-refractivity contribution >= 4 is 0 Å². The molecule has 1 atom stereocenters. The van der Waals surface area contributed by atoms with Crippen molar-refractivity contribution in [1.82, 2.24) is 5.32 Å². The lowest BCUT2D eigenvalue weighted by atomic mass is 9.91. The van der Waals surface area contributed by atoms with E-state index in [9.17, 15) is 0 Å². The van der Waals surface area contributed by atoms with Crippen LogP contribution in [0.2, 0.25) is 0 Å². The predicted octanol–water partition coefficient (Wildman–Crippen LogP) is 4.66. The Kier molecular flexibility index (Phi) is 4.39. The van der Waals surface area contributed by atoms with Crippen molar-refractivity contribution in [3.05, 3.63) is 71.8 Å². The monoisotopic (exact) mass is 253 g/mol. The third kappa shape index (κ3) is 3.45. The van der Waals surface area contributed by atoms with Gasteiger partial charge in [0.15, 0.2) is 0 Å². The average molecular weight is 253 g/mol. The number of benzene rings is 2. The molecule has 0 bridgehead atoms. The van der Waals surface area contributed by atoms with Gasteiger partial charge in [0, 0.05) is 11.6 Å². The van der Waals surface area contributed by atoms with Gasteiger partial charge in [-0.3, -0.25) is 0 Å². The van der Waals surface area contributed by atoms with Gasteiger partial charge >= 0.3 is 0 Å². The summed E-state index contributed by atoms with van der Waals surface area (Å²) in [5, 5.41) is 3.78. The van der Waals surface area contributed by atoms with Gasteiger partial charge in [0.05, 0.1) is 0 Å². The zero-order chi connectivity index (χ0) is 13.7. The molecule has 2 aromatic carbocycles. The number of nitrogens with one attached hydrogen (secondary N) is 1. The molecule has 2 rings (SSSR count). The minimum Gasteiger partial charge on any atom is -0.301 e. The largest absolute Gasteiger partial charge is 0.301 e. The second-order valence-electron chi connectivity index (χ2n) is 5.51. The van der Waals surface area contributed by atoms with Crippen molar-refractivity contribution in [3.63, 3.8) is 0 Å². The van der Waals surface area contributed by atoms with E-state index >= 15 is 0 Å². The average Bonchev–Trinajstić information content (AvgIpc) is 2.47. The maximum absolute atomic E-state index is 3.78. The van der Waals surface area contributed by atoms with Crippen molar-refractivity contribution in [2.75, 3.05) is 0 Å². The van der Waals surface area contributed by atoms with Crippen LogP contribution in [0, 0.1) is 0 Å². The Labute approximate surface area is 116 Å². The normalized spacial score (nSPS) is 13.2. The van der Waals surface area contributed by atoms with E-state index in [1.807, 2.05) is 0 Å². The van der Waals surface area contributed by atoms with E-state index in [0.29, 0.717) is 6.04 Å². The highest BCUT2D eigenvalue weighted by molar-refractivity contribution is 5.25. The van der Waals surface area contributed by atoms with Crippen LogP contribution >= 0.6 is 0 Å². The van der Waals surface area contributed by atoms with Crippen LogP contribution in [0.3, 0.4) is 0 Å². The van der Waals surface area contributed by atoms with Gasteiger partial charge in [-0.15, -0.1) is 0 Å². The van der Waals surface area contributed by atoms with Gasteiger partial charge in [0.25, 0.3) is 0 Å². The predicted molar refractivity (Wildman–Crippen MR) is 82.1 cm³/mol.